The van der Waals surface area contributed by atoms with E-state index in [-0.39, 0.29) is 24.0 Å². The number of carbonyl (C=O) groups excluding carboxylic acids is 3. The van der Waals surface area contributed by atoms with E-state index in [0.717, 1.165) is 65.9 Å². The molecule has 1 aromatic heterocycles. The third-order valence-corrected chi connectivity index (χ3v) is 11.3. The SMILES string of the molecule is Cc1cc(CC(NC(=O)N2CCC(N3CCc4ccccc4NC3=O)CC2)C(=O)N2CCN(C3CCN(C)CC3)CC2)cc2cnn(C)c12. The van der Waals surface area contributed by atoms with Gasteiger partial charge in [0.2, 0.25) is 5.91 Å². The first-order valence-corrected chi connectivity index (χ1v) is 18.1. The van der Waals surface area contributed by atoms with Crippen LogP contribution in [-0.2, 0) is 24.7 Å². The molecule has 3 fully saturated rings. The lowest BCUT2D eigenvalue weighted by Gasteiger charge is -2.43. The molecule has 0 bridgehead atoms. The molecule has 7 rings (SSSR count). The zero-order valence-electron chi connectivity index (χ0n) is 29.2. The lowest BCUT2D eigenvalue weighted by atomic mass is 9.99. The van der Waals surface area contributed by atoms with Gasteiger partial charge < -0.3 is 30.2 Å². The highest BCUT2D eigenvalue weighted by Crippen LogP contribution is 2.26. The van der Waals surface area contributed by atoms with Crippen molar-refractivity contribution in [3.8, 4) is 0 Å². The van der Waals surface area contributed by atoms with Crippen LogP contribution in [0.3, 0.4) is 0 Å². The number of nitrogens with one attached hydrogen (secondary N) is 2. The van der Waals surface area contributed by atoms with Crippen LogP contribution in [0.4, 0.5) is 15.3 Å². The van der Waals surface area contributed by atoms with Crippen molar-refractivity contribution in [1.82, 2.24) is 39.6 Å². The number of benzene rings is 2. The van der Waals surface area contributed by atoms with Gasteiger partial charge in [-0.3, -0.25) is 14.4 Å². The van der Waals surface area contributed by atoms with Crippen LogP contribution in [0, 0.1) is 6.92 Å². The number of rotatable bonds is 6. The molecule has 3 aromatic rings. The minimum atomic E-state index is -0.677. The van der Waals surface area contributed by atoms with Gasteiger partial charge in [-0.05, 0) is 88.0 Å². The molecule has 0 radical (unpaired) electrons. The fourth-order valence-corrected chi connectivity index (χ4v) is 8.43. The van der Waals surface area contributed by atoms with Crippen LogP contribution >= 0.6 is 0 Å². The van der Waals surface area contributed by atoms with Gasteiger partial charge in [-0.25, -0.2) is 9.59 Å². The van der Waals surface area contributed by atoms with Gasteiger partial charge in [-0.1, -0.05) is 24.3 Å². The summed E-state index contributed by atoms with van der Waals surface area (Å²) >= 11 is 0. The van der Waals surface area contributed by atoms with E-state index in [9.17, 15) is 14.4 Å². The summed E-state index contributed by atoms with van der Waals surface area (Å²) in [5.74, 6) is -0.0176. The zero-order chi connectivity index (χ0) is 34.1. The summed E-state index contributed by atoms with van der Waals surface area (Å²) in [6.45, 7) is 9.10. The molecule has 3 saturated heterocycles. The van der Waals surface area contributed by atoms with E-state index in [1.807, 2.05) is 50.8 Å². The van der Waals surface area contributed by atoms with Gasteiger partial charge in [0, 0.05) is 82.4 Å². The molecule has 12 nitrogen and oxygen atoms in total. The van der Waals surface area contributed by atoms with Crippen molar-refractivity contribution in [2.45, 2.75) is 63.6 Å². The molecule has 0 saturated carbocycles. The van der Waals surface area contributed by atoms with Crippen molar-refractivity contribution in [2.24, 2.45) is 7.05 Å². The van der Waals surface area contributed by atoms with E-state index in [0.29, 0.717) is 58.0 Å². The molecule has 262 valence electrons. The van der Waals surface area contributed by atoms with Crippen molar-refractivity contribution < 1.29 is 14.4 Å². The molecular formula is C37H51N9O3. The van der Waals surface area contributed by atoms with Crippen molar-refractivity contribution in [3.05, 3.63) is 59.3 Å². The van der Waals surface area contributed by atoms with Gasteiger partial charge >= 0.3 is 12.1 Å². The number of aromatic nitrogens is 2. The number of amides is 5. The summed E-state index contributed by atoms with van der Waals surface area (Å²) in [7, 11) is 4.12. The summed E-state index contributed by atoms with van der Waals surface area (Å²) < 4.78 is 1.88. The van der Waals surface area contributed by atoms with Crippen LogP contribution in [0.1, 0.15) is 42.4 Å². The minimum Gasteiger partial charge on any atom is -0.338 e. The Bertz CT molecular complexity index is 1670. The molecule has 0 spiro atoms. The maximum absolute atomic E-state index is 14.2. The van der Waals surface area contributed by atoms with Gasteiger partial charge in [0.15, 0.2) is 0 Å². The molecular weight excluding hydrogens is 618 g/mol. The van der Waals surface area contributed by atoms with Crippen LogP contribution in [0.5, 0.6) is 0 Å². The quantitative estimate of drug-likeness (QED) is 0.417. The predicted molar refractivity (Wildman–Crippen MR) is 191 cm³/mol. The van der Waals surface area contributed by atoms with Gasteiger partial charge in [0.05, 0.1) is 11.7 Å². The van der Waals surface area contributed by atoms with Gasteiger partial charge in [0.1, 0.15) is 6.04 Å². The Hall–Kier alpha value is -4.16. The second-order valence-corrected chi connectivity index (χ2v) is 14.5. The van der Waals surface area contributed by atoms with Crippen molar-refractivity contribution in [1.29, 1.82) is 0 Å². The molecule has 49 heavy (non-hydrogen) atoms. The molecule has 2 N–H and O–H groups in total. The summed E-state index contributed by atoms with van der Waals surface area (Å²) in [4.78, 5) is 51.8. The van der Waals surface area contributed by atoms with Crippen LogP contribution in [0.25, 0.3) is 10.9 Å². The number of fused-ring (bicyclic) bond motifs is 2. The molecule has 1 unspecified atom stereocenters. The Kier molecular flexibility index (Phi) is 9.77. The summed E-state index contributed by atoms with van der Waals surface area (Å²) in [6.07, 6.45) is 6.82. The number of piperidine rings is 2. The number of aryl methyl sites for hydroxylation is 2. The largest absolute Gasteiger partial charge is 0.338 e. The Morgan fingerprint density at radius 1 is 0.898 bits per heavy atom. The van der Waals surface area contributed by atoms with E-state index in [4.69, 9.17) is 0 Å². The van der Waals surface area contributed by atoms with Gasteiger partial charge in [-0.15, -0.1) is 0 Å². The highest BCUT2D eigenvalue weighted by Gasteiger charge is 2.35. The number of carbonyl (C=O) groups is 3. The standard InChI is InChI=1S/C37H51N9O3/c1-26-22-27(23-29-25-38-42(3)34(26)29)24-33(35(47)44-20-18-43(19-21-44)30-9-13-41(2)14-10-30)40-36(48)45-15-11-31(12-16-45)46-17-8-28-6-4-5-7-32(28)39-37(46)49/h4-7,22-23,25,30-31,33H,8-21,24H2,1-3H3,(H,39,49)(H,40,48). The molecule has 4 aliphatic rings. The van der Waals surface area contributed by atoms with Crippen molar-refractivity contribution >= 4 is 34.6 Å². The Labute approximate surface area is 289 Å². The summed E-state index contributed by atoms with van der Waals surface area (Å²) in [5.41, 5.74) is 5.20. The number of urea groups is 2. The number of likely N-dealkylation sites (tertiary alicyclic amines) is 2. The van der Waals surface area contributed by atoms with Crippen LogP contribution < -0.4 is 10.6 Å². The van der Waals surface area contributed by atoms with E-state index in [2.05, 4.69) is 57.7 Å². The van der Waals surface area contributed by atoms with E-state index >= 15 is 0 Å². The molecule has 1 atom stereocenters. The topological polar surface area (TPSA) is 109 Å². The smallest absolute Gasteiger partial charge is 0.322 e. The van der Waals surface area contributed by atoms with Gasteiger partial charge in [-0.2, -0.15) is 5.10 Å². The number of anilines is 1. The summed E-state index contributed by atoms with van der Waals surface area (Å²) in [5, 5.41) is 11.7. The second-order valence-electron chi connectivity index (χ2n) is 14.5. The Balaban J connectivity index is 1.01. The zero-order valence-corrected chi connectivity index (χ0v) is 29.2. The summed E-state index contributed by atoms with van der Waals surface area (Å²) in [6, 6.07) is 11.8. The van der Waals surface area contributed by atoms with Crippen molar-refractivity contribution in [3.63, 3.8) is 0 Å². The lowest BCUT2D eigenvalue weighted by Crippen LogP contribution is -2.59. The van der Waals surface area contributed by atoms with Crippen LogP contribution in [0.2, 0.25) is 0 Å². The first kappa shape index (κ1) is 33.3. The number of para-hydroxylation sites is 1. The second kappa shape index (κ2) is 14.4. The van der Waals surface area contributed by atoms with E-state index in [1.165, 1.54) is 12.8 Å². The lowest BCUT2D eigenvalue weighted by molar-refractivity contribution is -0.135. The highest BCUT2D eigenvalue weighted by atomic mass is 16.2. The third kappa shape index (κ3) is 7.26. The molecule has 0 aliphatic carbocycles. The van der Waals surface area contributed by atoms with E-state index < -0.39 is 6.04 Å². The Morgan fingerprint density at radius 3 is 2.37 bits per heavy atom. The first-order chi connectivity index (χ1) is 23.7. The van der Waals surface area contributed by atoms with Gasteiger partial charge in [0.25, 0.3) is 0 Å². The number of piperazine rings is 1. The maximum atomic E-state index is 14.2. The molecule has 2 aromatic carbocycles. The normalized spacial score (nSPS) is 21.0. The van der Waals surface area contributed by atoms with E-state index in [1.54, 1.807) is 0 Å². The first-order valence-electron chi connectivity index (χ1n) is 18.1. The average Bonchev–Trinajstić information content (AvgIpc) is 3.40. The van der Waals surface area contributed by atoms with Crippen molar-refractivity contribution in [2.75, 3.05) is 71.3 Å². The fraction of sp³-hybridized carbons (Fsp3) is 0.568. The fourth-order valence-electron chi connectivity index (χ4n) is 8.43. The molecule has 12 heteroatoms. The molecule has 5 heterocycles. The monoisotopic (exact) mass is 669 g/mol. The molecule has 4 aliphatic heterocycles. The van der Waals surface area contributed by atoms with Crippen LogP contribution in [-0.4, -0.2) is 136 Å². The number of hydrogen-bond acceptors (Lipinski definition) is 6. The highest BCUT2D eigenvalue weighted by molar-refractivity contribution is 5.91. The molecule has 5 amide bonds. The minimum absolute atomic E-state index is 0.0176. The number of hydrogen-bond donors (Lipinski definition) is 2. The third-order valence-electron chi connectivity index (χ3n) is 11.3. The predicted octanol–water partition coefficient (Wildman–Crippen LogP) is 3.30. The number of nitrogens with zero attached hydrogens (tertiary/aromatic N) is 7. The van der Waals surface area contributed by atoms with Crippen LogP contribution in [0.15, 0.2) is 42.6 Å². The Morgan fingerprint density at radius 2 is 1.61 bits per heavy atom. The average molecular weight is 670 g/mol. The maximum Gasteiger partial charge on any atom is 0.322 e.